The molecule has 0 atom stereocenters. The fourth-order valence-corrected chi connectivity index (χ4v) is 2.04. The summed E-state index contributed by atoms with van der Waals surface area (Å²) < 4.78 is 1.95. The number of aromatic nitrogens is 3. The molecule has 0 amide bonds. The number of thioether (sulfide) groups is 1. The molecule has 2 aromatic rings. The standard InChI is InChI=1S/C10H10ClN3S/c1-14-9(12-13-10(14)15-2)7-4-3-5-8(11)6-7/h3-6H,1-2H3. The van der Waals surface area contributed by atoms with Crippen molar-refractivity contribution >= 4 is 23.4 Å². The summed E-state index contributed by atoms with van der Waals surface area (Å²) in [6.07, 6.45) is 1.98. The number of hydrogen-bond donors (Lipinski definition) is 0. The van der Waals surface area contributed by atoms with Crippen molar-refractivity contribution in [3.05, 3.63) is 29.3 Å². The van der Waals surface area contributed by atoms with Crippen LogP contribution in [0.2, 0.25) is 5.02 Å². The second-order valence-corrected chi connectivity index (χ2v) is 4.29. The summed E-state index contributed by atoms with van der Waals surface area (Å²) in [6.45, 7) is 0. The van der Waals surface area contributed by atoms with Gasteiger partial charge in [0, 0.05) is 17.6 Å². The molecule has 0 spiro atoms. The van der Waals surface area contributed by atoms with Crippen molar-refractivity contribution in [2.45, 2.75) is 5.16 Å². The maximum absolute atomic E-state index is 5.93. The highest BCUT2D eigenvalue weighted by molar-refractivity contribution is 7.98. The Kier molecular flexibility index (Phi) is 2.98. The van der Waals surface area contributed by atoms with Gasteiger partial charge in [-0.2, -0.15) is 0 Å². The number of benzene rings is 1. The molecule has 0 saturated heterocycles. The molecule has 0 N–H and O–H groups in total. The SMILES string of the molecule is CSc1nnc(-c2cccc(Cl)c2)n1C. The van der Waals surface area contributed by atoms with Crippen LogP contribution in [0.1, 0.15) is 0 Å². The Hall–Kier alpha value is -1.00. The van der Waals surface area contributed by atoms with Crippen molar-refractivity contribution < 1.29 is 0 Å². The van der Waals surface area contributed by atoms with Gasteiger partial charge in [-0.25, -0.2) is 0 Å². The van der Waals surface area contributed by atoms with Crippen molar-refractivity contribution in [3.63, 3.8) is 0 Å². The highest BCUT2D eigenvalue weighted by Crippen LogP contribution is 2.23. The van der Waals surface area contributed by atoms with Crippen molar-refractivity contribution in [1.29, 1.82) is 0 Å². The van der Waals surface area contributed by atoms with E-state index in [4.69, 9.17) is 11.6 Å². The van der Waals surface area contributed by atoms with E-state index in [-0.39, 0.29) is 0 Å². The predicted octanol–water partition coefficient (Wildman–Crippen LogP) is 2.86. The van der Waals surface area contributed by atoms with E-state index in [1.165, 1.54) is 0 Å². The lowest BCUT2D eigenvalue weighted by molar-refractivity contribution is 0.795. The first-order chi connectivity index (χ1) is 7.22. The van der Waals surface area contributed by atoms with Crippen molar-refractivity contribution in [2.75, 3.05) is 6.26 Å². The average molecular weight is 240 g/mol. The Bertz CT molecular complexity index is 481. The third kappa shape index (κ3) is 2.01. The number of rotatable bonds is 2. The molecule has 2 rings (SSSR count). The van der Waals surface area contributed by atoms with Gasteiger partial charge in [0.1, 0.15) is 0 Å². The molecular weight excluding hydrogens is 230 g/mol. The van der Waals surface area contributed by atoms with E-state index in [0.29, 0.717) is 5.02 Å². The number of hydrogen-bond acceptors (Lipinski definition) is 3. The van der Waals surface area contributed by atoms with Crippen molar-refractivity contribution in [2.24, 2.45) is 7.05 Å². The molecule has 0 radical (unpaired) electrons. The summed E-state index contributed by atoms with van der Waals surface area (Å²) in [5.74, 6) is 0.835. The van der Waals surface area contributed by atoms with Crippen LogP contribution in [0.3, 0.4) is 0 Å². The maximum atomic E-state index is 5.93. The Balaban J connectivity index is 2.49. The van der Waals surface area contributed by atoms with Crippen LogP contribution in [0.15, 0.2) is 29.4 Å². The molecule has 1 heterocycles. The van der Waals surface area contributed by atoms with Crippen LogP contribution in [0, 0.1) is 0 Å². The van der Waals surface area contributed by atoms with Crippen LogP contribution in [-0.4, -0.2) is 21.0 Å². The molecule has 0 aliphatic carbocycles. The monoisotopic (exact) mass is 239 g/mol. The Morgan fingerprint density at radius 1 is 1.33 bits per heavy atom. The highest BCUT2D eigenvalue weighted by atomic mass is 35.5. The maximum Gasteiger partial charge on any atom is 0.190 e. The minimum absolute atomic E-state index is 0.709. The lowest BCUT2D eigenvalue weighted by atomic mass is 10.2. The molecule has 0 aliphatic rings. The third-order valence-corrected chi connectivity index (χ3v) is 3.06. The van der Waals surface area contributed by atoms with Crippen molar-refractivity contribution in [1.82, 2.24) is 14.8 Å². The zero-order valence-electron chi connectivity index (χ0n) is 8.44. The quantitative estimate of drug-likeness (QED) is 0.755. The average Bonchev–Trinajstić information content (AvgIpc) is 2.59. The topological polar surface area (TPSA) is 30.7 Å². The number of nitrogens with zero attached hydrogens (tertiary/aromatic N) is 3. The smallest absolute Gasteiger partial charge is 0.190 e. The van der Waals surface area contributed by atoms with Gasteiger partial charge < -0.3 is 4.57 Å². The first-order valence-corrected chi connectivity index (χ1v) is 6.02. The largest absolute Gasteiger partial charge is 0.305 e. The summed E-state index contributed by atoms with van der Waals surface area (Å²) in [6, 6.07) is 7.61. The van der Waals surface area contributed by atoms with Crippen LogP contribution < -0.4 is 0 Å². The van der Waals surface area contributed by atoms with Crippen molar-refractivity contribution in [3.8, 4) is 11.4 Å². The summed E-state index contributed by atoms with van der Waals surface area (Å²) >= 11 is 7.50. The molecular formula is C10H10ClN3S. The zero-order valence-corrected chi connectivity index (χ0v) is 10.0. The molecule has 0 aliphatic heterocycles. The summed E-state index contributed by atoms with van der Waals surface area (Å²) in [4.78, 5) is 0. The second-order valence-electron chi connectivity index (χ2n) is 3.08. The Morgan fingerprint density at radius 2 is 2.13 bits per heavy atom. The second kappa shape index (κ2) is 4.24. The van der Waals surface area contributed by atoms with E-state index in [9.17, 15) is 0 Å². The zero-order chi connectivity index (χ0) is 10.8. The van der Waals surface area contributed by atoms with Gasteiger partial charge in [0.05, 0.1) is 0 Å². The van der Waals surface area contributed by atoms with E-state index in [0.717, 1.165) is 16.5 Å². The molecule has 3 nitrogen and oxygen atoms in total. The Morgan fingerprint density at radius 3 is 2.73 bits per heavy atom. The van der Waals surface area contributed by atoms with E-state index < -0.39 is 0 Å². The lowest BCUT2D eigenvalue weighted by Crippen LogP contribution is -1.93. The van der Waals surface area contributed by atoms with Gasteiger partial charge in [0.15, 0.2) is 11.0 Å². The van der Waals surface area contributed by atoms with E-state index in [2.05, 4.69) is 10.2 Å². The number of halogens is 1. The fraction of sp³-hybridized carbons (Fsp3) is 0.200. The minimum Gasteiger partial charge on any atom is -0.305 e. The van der Waals surface area contributed by atoms with Gasteiger partial charge in [-0.1, -0.05) is 35.5 Å². The molecule has 5 heteroatoms. The molecule has 0 unspecified atom stereocenters. The van der Waals surface area contributed by atoms with E-state index >= 15 is 0 Å². The third-order valence-electron chi connectivity index (χ3n) is 2.10. The van der Waals surface area contributed by atoms with Gasteiger partial charge in [0.25, 0.3) is 0 Å². The van der Waals surface area contributed by atoms with Gasteiger partial charge in [-0.15, -0.1) is 10.2 Å². The highest BCUT2D eigenvalue weighted by Gasteiger charge is 2.09. The van der Waals surface area contributed by atoms with Crippen LogP contribution >= 0.6 is 23.4 Å². The van der Waals surface area contributed by atoms with E-state index in [1.807, 2.05) is 42.1 Å². The van der Waals surface area contributed by atoms with Crippen LogP contribution in [-0.2, 0) is 7.05 Å². The van der Waals surface area contributed by atoms with Gasteiger partial charge >= 0.3 is 0 Å². The van der Waals surface area contributed by atoms with Crippen LogP contribution in [0.5, 0.6) is 0 Å². The van der Waals surface area contributed by atoms with Crippen LogP contribution in [0.25, 0.3) is 11.4 Å². The summed E-state index contributed by atoms with van der Waals surface area (Å²) in [5.41, 5.74) is 0.984. The summed E-state index contributed by atoms with van der Waals surface area (Å²) in [7, 11) is 1.95. The minimum atomic E-state index is 0.709. The van der Waals surface area contributed by atoms with Gasteiger partial charge in [-0.05, 0) is 18.4 Å². The predicted molar refractivity (Wildman–Crippen MR) is 63.2 cm³/mol. The lowest BCUT2D eigenvalue weighted by Gasteiger charge is -2.02. The molecule has 1 aromatic carbocycles. The van der Waals surface area contributed by atoms with Crippen LogP contribution in [0.4, 0.5) is 0 Å². The molecule has 0 bridgehead atoms. The fourth-order valence-electron chi connectivity index (χ4n) is 1.37. The normalized spacial score (nSPS) is 10.6. The molecule has 0 fully saturated rings. The first-order valence-electron chi connectivity index (χ1n) is 4.41. The van der Waals surface area contributed by atoms with Gasteiger partial charge in [0.2, 0.25) is 0 Å². The first kappa shape index (κ1) is 10.5. The molecule has 78 valence electrons. The molecule has 15 heavy (non-hydrogen) atoms. The Labute approximate surface area is 97.5 Å². The van der Waals surface area contributed by atoms with Gasteiger partial charge in [-0.3, -0.25) is 0 Å². The van der Waals surface area contributed by atoms with E-state index in [1.54, 1.807) is 11.8 Å². The summed E-state index contributed by atoms with van der Waals surface area (Å²) in [5, 5.41) is 9.81. The molecule has 1 aromatic heterocycles. The molecule has 0 saturated carbocycles.